The van der Waals surface area contributed by atoms with Crippen molar-refractivity contribution in [2.24, 2.45) is 5.73 Å². The van der Waals surface area contributed by atoms with Gasteiger partial charge >= 0.3 is 0 Å². The van der Waals surface area contributed by atoms with Gasteiger partial charge in [0, 0.05) is 21.5 Å². The van der Waals surface area contributed by atoms with Crippen molar-refractivity contribution in [2.45, 2.75) is 26.3 Å². The third-order valence-corrected chi connectivity index (χ3v) is 4.79. The first-order chi connectivity index (χ1) is 8.13. The van der Waals surface area contributed by atoms with Gasteiger partial charge < -0.3 is 5.73 Å². The van der Waals surface area contributed by atoms with Gasteiger partial charge in [0.25, 0.3) is 0 Å². The fourth-order valence-electron chi connectivity index (χ4n) is 2.04. The highest BCUT2D eigenvalue weighted by molar-refractivity contribution is 9.13. The molecular formula is C13H20Br2N2. The number of benzene rings is 1. The summed E-state index contributed by atoms with van der Waals surface area (Å²) in [4.78, 5) is 2.43. The van der Waals surface area contributed by atoms with Gasteiger partial charge in [0.15, 0.2) is 0 Å². The zero-order chi connectivity index (χ0) is 12.8. The molecule has 1 atom stereocenters. The first-order valence-electron chi connectivity index (χ1n) is 6.03. The Hall–Kier alpha value is 0.1000. The van der Waals surface area contributed by atoms with Crippen LogP contribution < -0.4 is 5.73 Å². The van der Waals surface area contributed by atoms with E-state index in [9.17, 15) is 0 Å². The van der Waals surface area contributed by atoms with Crippen LogP contribution in [0, 0.1) is 0 Å². The maximum absolute atomic E-state index is 5.93. The molecule has 0 aliphatic carbocycles. The van der Waals surface area contributed by atoms with Crippen LogP contribution in [0.1, 0.15) is 31.9 Å². The molecule has 0 aromatic heterocycles. The Morgan fingerprint density at radius 3 is 2.41 bits per heavy atom. The highest BCUT2D eigenvalue weighted by atomic mass is 79.9. The van der Waals surface area contributed by atoms with Crippen LogP contribution in [0.3, 0.4) is 0 Å². The minimum absolute atomic E-state index is 0.310. The zero-order valence-corrected chi connectivity index (χ0v) is 13.6. The Kier molecular flexibility index (Phi) is 6.70. The van der Waals surface area contributed by atoms with E-state index < -0.39 is 0 Å². The summed E-state index contributed by atoms with van der Waals surface area (Å²) in [6, 6.07) is 6.68. The Balaban J connectivity index is 2.95. The summed E-state index contributed by atoms with van der Waals surface area (Å²) >= 11 is 7.04. The largest absolute Gasteiger partial charge is 0.329 e. The van der Waals surface area contributed by atoms with Crippen molar-refractivity contribution in [3.05, 3.63) is 32.7 Å². The van der Waals surface area contributed by atoms with Crippen molar-refractivity contribution in [3.8, 4) is 0 Å². The van der Waals surface area contributed by atoms with Gasteiger partial charge in [-0.1, -0.05) is 19.9 Å². The van der Waals surface area contributed by atoms with E-state index in [1.807, 2.05) is 0 Å². The Morgan fingerprint density at radius 1 is 1.24 bits per heavy atom. The molecule has 0 fully saturated rings. The molecule has 0 spiro atoms. The molecule has 1 aromatic carbocycles. The molecule has 0 aliphatic heterocycles. The lowest BCUT2D eigenvalue weighted by atomic mass is 10.1. The Labute approximate surface area is 121 Å². The molecule has 0 aliphatic rings. The third kappa shape index (κ3) is 4.05. The van der Waals surface area contributed by atoms with Crippen LogP contribution in [0.5, 0.6) is 0 Å². The van der Waals surface area contributed by atoms with Gasteiger partial charge in [-0.2, -0.15) is 0 Å². The van der Waals surface area contributed by atoms with Crippen molar-refractivity contribution >= 4 is 31.9 Å². The van der Waals surface area contributed by atoms with E-state index in [0.717, 1.165) is 28.5 Å². The van der Waals surface area contributed by atoms with Gasteiger partial charge in [0.2, 0.25) is 0 Å². The molecule has 1 rings (SSSR count). The number of rotatable bonds is 6. The third-order valence-electron chi connectivity index (χ3n) is 2.91. The highest BCUT2D eigenvalue weighted by Gasteiger charge is 2.17. The van der Waals surface area contributed by atoms with Crippen LogP contribution in [0.15, 0.2) is 27.1 Å². The number of nitrogens with two attached hydrogens (primary N) is 1. The average molecular weight is 364 g/mol. The van der Waals surface area contributed by atoms with Crippen molar-refractivity contribution in [3.63, 3.8) is 0 Å². The van der Waals surface area contributed by atoms with Crippen LogP contribution in [0.4, 0.5) is 0 Å². The van der Waals surface area contributed by atoms with Gasteiger partial charge in [0.05, 0.1) is 0 Å². The molecule has 96 valence electrons. The Morgan fingerprint density at radius 2 is 1.94 bits per heavy atom. The molecule has 2 nitrogen and oxygen atoms in total. The maximum atomic E-state index is 5.93. The fourth-order valence-corrected chi connectivity index (χ4v) is 2.68. The van der Waals surface area contributed by atoms with E-state index in [1.165, 1.54) is 5.56 Å². The molecule has 0 heterocycles. The number of hydrogen-bond donors (Lipinski definition) is 1. The van der Waals surface area contributed by atoms with Crippen LogP contribution in [-0.2, 0) is 0 Å². The summed E-state index contributed by atoms with van der Waals surface area (Å²) in [6.45, 7) is 7.16. The van der Waals surface area contributed by atoms with Crippen molar-refractivity contribution < 1.29 is 0 Å². The summed E-state index contributed by atoms with van der Waals surface area (Å²) in [6.07, 6.45) is 1.15. The topological polar surface area (TPSA) is 29.3 Å². The lowest BCUT2D eigenvalue weighted by molar-refractivity contribution is 0.213. The second kappa shape index (κ2) is 7.52. The molecule has 2 N–H and O–H groups in total. The molecule has 4 heteroatoms. The standard InChI is InChI=1S/C13H20Br2N2/c1-3-7-17(4-2)13(9-16)10-5-6-11(14)12(15)8-10/h5-6,8,13H,3-4,7,9,16H2,1-2H3. The lowest BCUT2D eigenvalue weighted by Gasteiger charge is -2.30. The number of likely N-dealkylation sites (N-methyl/N-ethyl adjacent to an activating group) is 1. The maximum Gasteiger partial charge on any atom is 0.0470 e. The van der Waals surface area contributed by atoms with E-state index in [0.29, 0.717) is 12.6 Å². The number of halogens is 2. The van der Waals surface area contributed by atoms with E-state index in [2.05, 4.69) is 68.8 Å². The number of hydrogen-bond acceptors (Lipinski definition) is 2. The molecule has 1 unspecified atom stereocenters. The molecule has 0 radical (unpaired) electrons. The first-order valence-corrected chi connectivity index (χ1v) is 7.61. The normalized spacial score (nSPS) is 13.1. The molecule has 0 bridgehead atoms. The van der Waals surface area contributed by atoms with Crippen LogP contribution in [-0.4, -0.2) is 24.5 Å². The monoisotopic (exact) mass is 362 g/mol. The van der Waals surface area contributed by atoms with Gasteiger partial charge in [-0.3, -0.25) is 4.90 Å². The second-order valence-corrected chi connectivity index (χ2v) is 5.76. The zero-order valence-electron chi connectivity index (χ0n) is 10.4. The summed E-state index contributed by atoms with van der Waals surface area (Å²) in [5.41, 5.74) is 7.21. The minimum Gasteiger partial charge on any atom is -0.329 e. The van der Waals surface area contributed by atoms with Crippen molar-refractivity contribution in [2.75, 3.05) is 19.6 Å². The van der Waals surface area contributed by atoms with Gasteiger partial charge in [-0.25, -0.2) is 0 Å². The molecule has 0 amide bonds. The smallest absolute Gasteiger partial charge is 0.0470 e. The van der Waals surface area contributed by atoms with E-state index in [4.69, 9.17) is 5.73 Å². The minimum atomic E-state index is 0.310. The quantitative estimate of drug-likeness (QED) is 0.829. The highest BCUT2D eigenvalue weighted by Crippen LogP contribution is 2.28. The molecule has 1 aromatic rings. The van der Waals surface area contributed by atoms with E-state index in [-0.39, 0.29) is 0 Å². The van der Waals surface area contributed by atoms with Gasteiger partial charge in [-0.15, -0.1) is 0 Å². The second-order valence-electron chi connectivity index (χ2n) is 4.05. The average Bonchev–Trinajstić information content (AvgIpc) is 2.33. The SMILES string of the molecule is CCCN(CC)C(CN)c1ccc(Br)c(Br)c1. The fraction of sp³-hybridized carbons (Fsp3) is 0.538. The Bertz CT molecular complexity index is 355. The van der Waals surface area contributed by atoms with Gasteiger partial charge in [0.1, 0.15) is 0 Å². The first kappa shape index (κ1) is 15.2. The van der Waals surface area contributed by atoms with Crippen LogP contribution in [0.25, 0.3) is 0 Å². The predicted octanol–water partition coefficient (Wildman–Crippen LogP) is 3.94. The van der Waals surface area contributed by atoms with Crippen molar-refractivity contribution in [1.29, 1.82) is 0 Å². The lowest BCUT2D eigenvalue weighted by Crippen LogP contribution is -2.34. The number of nitrogens with zero attached hydrogens (tertiary/aromatic N) is 1. The summed E-state index contributed by atoms with van der Waals surface area (Å²) in [5, 5.41) is 0. The van der Waals surface area contributed by atoms with Crippen LogP contribution in [0.2, 0.25) is 0 Å². The molecular weight excluding hydrogens is 344 g/mol. The predicted molar refractivity (Wildman–Crippen MR) is 81.2 cm³/mol. The van der Waals surface area contributed by atoms with E-state index >= 15 is 0 Å². The summed E-state index contributed by atoms with van der Waals surface area (Å²) in [7, 11) is 0. The van der Waals surface area contributed by atoms with E-state index in [1.54, 1.807) is 0 Å². The van der Waals surface area contributed by atoms with Crippen molar-refractivity contribution in [1.82, 2.24) is 4.90 Å². The molecule has 0 saturated carbocycles. The van der Waals surface area contributed by atoms with Gasteiger partial charge in [-0.05, 0) is 69.1 Å². The summed E-state index contributed by atoms with van der Waals surface area (Å²) < 4.78 is 2.16. The molecule has 0 saturated heterocycles. The summed E-state index contributed by atoms with van der Waals surface area (Å²) in [5.74, 6) is 0. The van der Waals surface area contributed by atoms with Crippen LogP contribution >= 0.6 is 31.9 Å². The molecule has 17 heavy (non-hydrogen) atoms.